The third kappa shape index (κ3) is 4.32. The van der Waals surface area contributed by atoms with E-state index in [-0.39, 0.29) is 5.54 Å². The Balaban J connectivity index is 1.89. The van der Waals surface area contributed by atoms with Crippen molar-refractivity contribution in [3.63, 3.8) is 0 Å². The Morgan fingerprint density at radius 1 is 1.40 bits per heavy atom. The van der Waals surface area contributed by atoms with Crippen LogP contribution in [-0.2, 0) is 13.1 Å². The Kier molecular flexibility index (Phi) is 4.86. The van der Waals surface area contributed by atoms with E-state index in [1.807, 2.05) is 12.5 Å². The van der Waals surface area contributed by atoms with Gasteiger partial charge in [0.15, 0.2) is 0 Å². The second kappa shape index (κ2) is 6.27. The van der Waals surface area contributed by atoms with E-state index in [9.17, 15) is 0 Å². The molecule has 4 heteroatoms. The summed E-state index contributed by atoms with van der Waals surface area (Å²) < 4.78 is 2.33. The van der Waals surface area contributed by atoms with E-state index in [0.29, 0.717) is 6.04 Å². The Hall–Kier alpha value is -0.870. The van der Waals surface area contributed by atoms with Crippen LogP contribution in [-0.4, -0.2) is 39.1 Å². The lowest BCUT2D eigenvalue weighted by molar-refractivity contribution is 0.260. The average molecular weight is 278 g/mol. The second-order valence-corrected chi connectivity index (χ2v) is 7.38. The molecule has 4 nitrogen and oxygen atoms in total. The molecule has 0 saturated carbocycles. The minimum Gasteiger partial charge on any atom is -0.333 e. The molecule has 1 N–H and O–H groups in total. The summed E-state index contributed by atoms with van der Waals surface area (Å²) in [5.41, 5.74) is 1.44. The summed E-state index contributed by atoms with van der Waals surface area (Å²) in [6, 6.07) is 0.671. The molecule has 0 aromatic carbocycles. The normalized spacial score (nSPS) is 21.0. The van der Waals surface area contributed by atoms with E-state index < -0.39 is 0 Å². The van der Waals surface area contributed by atoms with Crippen molar-refractivity contribution in [2.75, 3.05) is 13.1 Å². The summed E-state index contributed by atoms with van der Waals surface area (Å²) in [6.45, 7) is 15.6. The molecule has 1 saturated heterocycles. The Labute approximate surface area is 123 Å². The fraction of sp³-hybridized carbons (Fsp3) is 0.812. The van der Waals surface area contributed by atoms with Gasteiger partial charge in [0.2, 0.25) is 0 Å². The lowest BCUT2D eigenvalue weighted by Gasteiger charge is -2.22. The molecule has 1 aliphatic heterocycles. The summed E-state index contributed by atoms with van der Waals surface area (Å²) in [5, 5.41) is 3.55. The van der Waals surface area contributed by atoms with Crippen LogP contribution < -0.4 is 5.32 Å². The Bertz CT molecular complexity index is 416. The molecule has 1 aromatic heterocycles. The SMILES string of the molecule is CC(C)N1CCC(Cn2cncc2CNC(C)(C)C)C1. The van der Waals surface area contributed by atoms with Crippen molar-refractivity contribution < 1.29 is 0 Å². The summed E-state index contributed by atoms with van der Waals surface area (Å²) >= 11 is 0. The highest BCUT2D eigenvalue weighted by molar-refractivity contribution is 4.99. The zero-order chi connectivity index (χ0) is 14.8. The third-order valence-corrected chi connectivity index (χ3v) is 4.10. The zero-order valence-electron chi connectivity index (χ0n) is 13.7. The molecule has 20 heavy (non-hydrogen) atoms. The molecular weight excluding hydrogens is 248 g/mol. The number of hydrogen-bond acceptors (Lipinski definition) is 3. The van der Waals surface area contributed by atoms with Crippen LogP contribution >= 0.6 is 0 Å². The number of imidazole rings is 1. The largest absolute Gasteiger partial charge is 0.333 e. The molecule has 114 valence electrons. The van der Waals surface area contributed by atoms with Crippen molar-refractivity contribution in [1.82, 2.24) is 19.8 Å². The van der Waals surface area contributed by atoms with E-state index in [0.717, 1.165) is 19.0 Å². The van der Waals surface area contributed by atoms with Crippen LogP contribution in [0.15, 0.2) is 12.5 Å². The van der Waals surface area contributed by atoms with Crippen LogP contribution in [0.4, 0.5) is 0 Å². The molecule has 0 aliphatic carbocycles. The first kappa shape index (κ1) is 15.5. The van der Waals surface area contributed by atoms with E-state index >= 15 is 0 Å². The van der Waals surface area contributed by atoms with E-state index in [1.54, 1.807) is 0 Å². The number of rotatable bonds is 5. The van der Waals surface area contributed by atoms with Gasteiger partial charge in [-0.3, -0.25) is 0 Å². The van der Waals surface area contributed by atoms with Gasteiger partial charge in [-0.25, -0.2) is 4.98 Å². The highest BCUT2D eigenvalue weighted by atomic mass is 15.2. The fourth-order valence-electron chi connectivity index (χ4n) is 2.77. The van der Waals surface area contributed by atoms with E-state index in [1.165, 1.54) is 25.2 Å². The van der Waals surface area contributed by atoms with Gasteiger partial charge in [0.25, 0.3) is 0 Å². The maximum absolute atomic E-state index is 4.33. The van der Waals surface area contributed by atoms with Crippen LogP contribution in [0.2, 0.25) is 0 Å². The van der Waals surface area contributed by atoms with Crippen LogP contribution in [0.1, 0.15) is 46.7 Å². The number of nitrogens with zero attached hydrogens (tertiary/aromatic N) is 3. The second-order valence-electron chi connectivity index (χ2n) is 7.38. The van der Waals surface area contributed by atoms with Gasteiger partial charge in [-0.1, -0.05) is 0 Å². The van der Waals surface area contributed by atoms with Crippen molar-refractivity contribution >= 4 is 0 Å². The van der Waals surface area contributed by atoms with E-state index in [2.05, 4.69) is 54.4 Å². The first-order valence-electron chi connectivity index (χ1n) is 7.83. The molecule has 1 atom stereocenters. The average Bonchev–Trinajstić information content (AvgIpc) is 2.95. The topological polar surface area (TPSA) is 33.1 Å². The van der Waals surface area contributed by atoms with Gasteiger partial charge in [0, 0.05) is 37.4 Å². The Morgan fingerprint density at radius 2 is 2.15 bits per heavy atom. The van der Waals surface area contributed by atoms with Gasteiger partial charge in [-0.05, 0) is 53.5 Å². The molecule has 2 rings (SSSR count). The molecule has 1 fully saturated rings. The monoisotopic (exact) mass is 278 g/mol. The molecule has 1 aliphatic rings. The van der Waals surface area contributed by atoms with Crippen LogP contribution in [0.5, 0.6) is 0 Å². The molecule has 2 heterocycles. The smallest absolute Gasteiger partial charge is 0.0948 e. The summed E-state index contributed by atoms with van der Waals surface area (Å²) in [4.78, 5) is 6.91. The number of likely N-dealkylation sites (tertiary alicyclic amines) is 1. The lowest BCUT2D eigenvalue weighted by Crippen LogP contribution is -2.35. The van der Waals surface area contributed by atoms with E-state index in [4.69, 9.17) is 0 Å². The van der Waals surface area contributed by atoms with Gasteiger partial charge >= 0.3 is 0 Å². The van der Waals surface area contributed by atoms with Crippen LogP contribution in [0, 0.1) is 5.92 Å². The standard InChI is InChI=1S/C16H30N4/c1-13(2)19-7-6-14(10-19)11-20-12-17-8-15(20)9-18-16(3,4)5/h8,12-14,18H,6-7,9-11H2,1-5H3. The number of nitrogens with one attached hydrogen (secondary N) is 1. The van der Waals surface area contributed by atoms with Crippen molar-refractivity contribution in [1.29, 1.82) is 0 Å². The molecule has 1 unspecified atom stereocenters. The summed E-state index contributed by atoms with van der Waals surface area (Å²) in [6.07, 6.45) is 5.29. The minimum absolute atomic E-state index is 0.150. The maximum atomic E-state index is 4.33. The molecule has 1 aromatic rings. The van der Waals surface area contributed by atoms with Crippen LogP contribution in [0.25, 0.3) is 0 Å². The van der Waals surface area contributed by atoms with Gasteiger partial charge in [0.05, 0.1) is 12.0 Å². The molecular formula is C16H30N4. The maximum Gasteiger partial charge on any atom is 0.0948 e. The predicted octanol–water partition coefficient (Wildman–Crippen LogP) is 2.50. The first-order valence-corrected chi connectivity index (χ1v) is 7.83. The highest BCUT2D eigenvalue weighted by Crippen LogP contribution is 2.20. The van der Waals surface area contributed by atoms with Gasteiger partial charge in [-0.2, -0.15) is 0 Å². The summed E-state index contributed by atoms with van der Waals surface area (Å²) in [5.74, 6) is 0.764. The predicted molar refractivity (Wildman–Crippen MR) is 83.6 cm³/mol. The number of aromatic nitrogens is 2. The Morgan fingerprint density at radius 3 is 2.75 bits per heavy atom. The molecule has 0 amide bonds. The molecule has 0 radical (unpaired) electrons. The van der Waals surface area contributed by atoms with Gasteiger partial charge in [-0.15, -0.1) is 0 Å². The zero-order valence-corrected chi connectivity index (χ0v) is 13.7. The van der Waals surface area contributed by atoms with Gasteiger partial charge < -0.3 is 14.8 Å². The fourth-order valence-corrected chi connectivity index (χ4v) is 2.77. The van der Waals surface area contributed by atoms with Crippen molar-refractivity contribution in [3.8, 4) is 0 Å². The van der Waals surface area contributed by atoms with Gasteiger partial charge in [0.1, 0.15) is 0 Å². The van der Waals surface area contributed by atoms with Crippen molar-refractivity contribution in [2.24, 2.45) is 5.92 Å². The summed E-state index contributed by atoms with van der Waals surface area (Å²) in [7, 11) is 0. The van der Waals surface area contributed by atoms with Crippen molar-refractivity contribution in [3.05, 3.63) is 18.2 Å². The molecule has 0 spiro atoms. The third-order valence-electron chi connectivity index (χ3n) is 4.10. The highest BCUT2D eigenvalue weighted by Gasteiger charge is 2.24. The van der Waals surface area contributed by atoms with Crippen molar-refractivity contribution in [2.45, 2.75) is 65.7 Å². The number of hydrogen-bond donors (Lipinski definition) is 1. The first-order chi connectivity index (χ1) is 9.35. The molecule has 0 bridgehead atoms. The van der Waals surface area contributed by atoms with Crippen LogP contribution in [0.3, 0.4) is 0 Å². The quantitative estimate of drug-likeness (QED) is 0.898. The minimum atomic E-state index is 0.150. The lowest BCUT2D eigenvalue weighted by atomic mass is 10.1.